The van der Waals surface area contributed by atoms with Crippen molar-refractivity contribution in [2.24, 2.45) is 0 Å². The number of amides is 3. The number of carboxylic acid groups (broad SMARTS) is 1. The van der Waals surface area contributed by atoms with Crippen LogP contribution in [0.2, 0.25) is 0 Å². The number of hydrogen-bond acceptors (Lipinski definition) is 10. The summed E-state index contributed by atoms with van der Waals surface area (Å²) in [5, 5.41) is 17.9. The van der Waals surface area contributed by atoms with Crippen LogP contribution in [0.3, 0.4) is 0 Å². The van der Waals surface area contributed by atoms with Crippen molar-refractivity contribution in [1.82, 2.24) is 30.0 Å². The number of hydrogen-bond donors (Lipinski definition) is 2. The minimum atomic E-state index is -1.15. The second kappa shape index (κ2) is 14.2. The molecule has 15 heteroatoms. The molecule has 3 amide bonds. The van der Waals surface area contributed by atoms with E-state index in [1.165, 1.54) is 20.7 Å². The van der Waals surface area contributed by atoms with Crippen LogP contribution in [0.15, 0.2) is 36.4 Å². The highest BCUT2D eigenvalue weighted by Crippen LogP contribution is 2.41. The molecule has 0 bridgehead atoms. The summed E-state index contributed by atoms with van der Waals surface area (Å²) < 4.78 is 12.7. The molecular formula is C31H40N6O9. The van der Waals surface area contributed by atoms with Gasteiger partial charge in [0.1, 0.15) is 6.04 Å². The monoisotopic (exact) mass is 640 g/mol. The van der Waals surface area contributed by atoms with Gasteiger partial charge in [-0.05, 0) is 57.6 Å². The topological polar surface area (TPSA) is 173 Å². The number of carbonyl (C=O) groups is 5. The van der Waals surface area contributed by atoms with Crippen molar-refractivity contribution in [2.45, 2.75) is 69.6 Å². The lowest BCUT2D eigenvalue weighted by Crippen LogP contribution is -2.57. The SMILES string of the molecule is CCOC(=O)ON1CCN(C(=O)[C@H](CCC(=O)O)NC(=O)c2cc(OC3(C(=O)N(C)C4CC4)CCC3)n(-c3ccccc3)n2)CC1. The number of aromatic nitrogens is 2. The van der Waals surface area contributed by atoms with Gasteiger partial charge in [-0.15, -0.1) is 5.06 Å². The first-order chi connectivity index (χ1) is 22.1. The summed E-state index contributed by atoms with van der Waals surface area (Å²) in [5.74, 6) is -2.17. The zero-order valence-corrected chi connectivity index (χ0v) is 26.1. The van der Waals surface area contributed by atoms with E-state index in [2.05, 4.69) is 10.4 Å². The lowest BCUT2D eigenvalue weighted by atomic mass is 9.78. The maximum Gasteiger partial charge on any atom is 0.527 e. The van der Waals surface area contributed by atoms with Gasteiger partial charge in [-0.2, -0.15) is 5.10 Å². The molecule has 46 heavy (non-hydrogen) atoms. The fraction of sp³-hybridized carbons (Fsp3) is 0.548. The molecule has 248 valence electrons. The van der Waals surface area contributed by atoms with Crippen LogP contribution in [0.1, 0.15) is 62.4 Å². The summed E-state index contributed by atoms with van der Waals surface area (Å²) in [4.78, 5) is 72.0. The van der Waals surface area contributed by atoms with Gasteiger partial charge in [-0.25, -0.2) is 9.48 Å². The number of ether oxygens (including phenoxy) is 2. The quantitative estimate of drug-likeness (QED) is 0.307. The van der Waals surface area contributed by atoms with Crippen LogP contribution in [-0.4, -0.2) is 117 Å². The first-order valence-electron chi connectivity index (χ1n) is 15.6. The number of carbonyl (C=O) groups excluding carboxylic acids is 4. The van der Waals surface area contributed by atoms with Gasteiger partial charge in [0.15, 0.2) is 11.3 Å². The normalized spacial score (nSPS) is 18.1. The molecule has 0 radical (unpaired) electrons. The molecule has 3 aliphatic rings. The molecule has 2 aromatic rings. The Hall–Kier alpha value is -4.66. The van der Waals surface area contributed by atoms with Gasteiger partial charge in [-0.1, -0.05) is 18.2 Å². The first kappa shape index (κ1) is 32.7. The van der Waals surface area contributed by atoms with Crippen LogP contribution in [0.4, 0.5) is 4.79 Å². The maximum absolute atomic E-state index is 13.6. The van der Waals surface area contributed by atoms with E-state index >= 15 is 0 Å². The average molecular weight is 641 g/mol. The largest absolute Gasteiger partial charge is 0.527 e. The zero-order chi connectivity index (χ0) is 32.8. The van der Waals surface area contributed by atoms with Gasteiger partial charge in [0.05, 0.1) is 25.4 Å². The van der Waals surface area contributed by atoms with Gasteiger partial charge in [0.2, 0.25) is 11.8 Å². The molecule has 1 saturated heterocycles. The molecule has 15 nitrogen and oxygen atoms in total. The Bertz CT molecular complexity index is 1430. The lowest BCUT2D eigenvalue weighted by Gasteiger charge is -2.42. The molecule has 5 rings (SSSR count). The summed E-state index contributed by atoms with van der Waals surface area (Å²) in [5.41, 5.74) is -0.510. The highest BCUT2D eigenvalue weighted by molar-refractivity contribution is 5.96. The Morgan fingerprint density at radius 1 is 1.09 bits per heavy atom. The van der Waals surface area contributed by atoms with Crippen LogP contribution in [0.25, 0.3) is 5.69 Å². The van der Waals surface area contributed by atoms with E-state index in [0.717, 1.165) is 19.3 Å². The Morgan fingerprint density at radius 2 is 1.78 bits per heavy atom. The maximum atomic E-state index is 13.6. The van der Waals surface area contributed by atoms with Crippen molar-refractivity contribution in [1.29, 1.82) is 0 Å². The summed E-state index contributed by atoms with van der Waals surface area (Å²) in [7, 11) is 1.79. The zero-order valence-electron chi connectivity index (χ0n) is 26.1. The van der Waals surface area contributed by atoms with E-state index in [1.54, 1.807) is 31.0 Å². The van der Waals surface area contributed by atoms with Crippen LogP contribution in [0.5, 0.6) is 5.88 Å². The Morgan fingerprint density at radius 3 is 2.37 bits per heavy atom. The standard InChI is InChI=1S/C31H40N6O9/c1-3-44-30(43)46-36-18-16-35(17-19-36)28(41)23(12-13-26(38)39)32-27(40)24-20-25(37(33-24)22-8-5-4-6-9-22)45-31(14-7-15-31)29(42)34(2)21-10-11-21/h4-6,8-9,20-21,23H,3,7,10-19H2,1-2H3,(H,32,40)(H,38,39)/t23-/m0/s1. The summed E-state index contributed by atoms with van der Waals surface area (Å²) >= 11 is 0. The third-order valence-electron chi connectivity index (χ3n) is 8.44. The Kier molecular flexibility index (Phi) is 10.1. The molecule has 0 unspecified atom stereocenters. The lowest BCUT2D eigenvalue weighted by molar-refractivity contribution is -0.157. The third-order valence-corrected chi connectivity index (χ3v) is 8.44. The van der Waals surface area contributed by atoms with Crippen LogP contribution in [-0.2, 0) is 24.0 Å². The predicted octanol–water partition coefficient (Wildman–Crippen LogP) is 1.99. The Balaban J connectivity index is 1.33. The second-order valence-electron chi connectivity index (χ2n) is 11.7. The molecule has 0 spiro atoms. The number of nitrogens with one attached hydrogen (secondary N) is 1. The molecule has 2 saturated carbocycles. The number of likely N-dealkylation sites (N-methyl/N-ethyl adjacent to an activating group) is 1. The van der Waals surface area contributed by atoms with Crippen molar-refractivity contribution in [3.05, 3.63) is 42.1 Å². The first-order valence-corrected chi connectivity index (χ1v) is 15.6. The minimum absolute atomic E-state index is 0.0582. The van der Waals surface area contributed by atoms with Crippen molar-refractivity contribution in [2.75, 3.05) is 39.8 Å². The van der Waals surface area contributed by atoms with E-state index in [1.807, 2.05) is 18.2 Å². The van der Waals surface area contributed by atoms with Crippen molar-refractivity contribution in [3.8, 4) is 11.6 Å². The fourth-order valence-corrected chi connectivity index (χ4v) is 5.54. The van der Waals surface area contributed by atoms with Crippen LogP contribution in [0, 0.1) is 0 Å². The summed E-state index contributed by atoms with van der Waals surface area (Å²) in [6.07, 6.45) is 2.49. The van der Waals surface area contributed by atoms with Crippen molar-refractivity contribution in [3.63, 3.8) is 0 Å². The van der Waals surface area contributed by atoms with Crippen molar-refractivity contribution >= 4 is 29.8 Å². The number of nitrogens with zero attached hydrogens (tertiary/aromatic N) is 5. The Labute approximate surface area is 266 Å². The predicted molar refractivity (Wildman–Crippen MR) is 161 cm³/mol. The van der Waals surface area contributed by atoms with Gasteiger partial charge >= 0.3 is 12.1 Å². The van der Waals surface area contributed by atoms with E-state index in [9.17, 15) is 29.1 Å². The van der Waals surface area contributed by atoms with Crippen molar-refractivity contribution < 1.29 is 43.4 Å². The molecule has 1 aliphatic heterocycles. The van der Waals surface area contributed by atoms with E-state index in [-0.39, 0.29) is 69.2 Å². The molecule has 2 aliphatic carbocycles. The molecule has 2 N–H and O–H groups in total. The number of carboxylic acids is 1. The van der Waals surface area contributed by atoms with E-state index in [0.29, 0.717) is 18.5 Å². The molecule has 2 heterocycles. The number of rotatable bonds is 13. The van der Waals surface area contributed by atoms with E-state index < -0.39 is 35.6 Å². The van der Waals surface area contributed by atoms with Gasteiger partial charge < -0.3 is 34.5 Å². The third kappa shape index (κ3) is 7.58. The summed E-state index contributed by atoms with van der Waals surface area (Å²) in [6, 6.07) is 9.53. The van der Waals surface area contributed by atoms with Gasteiger partial charge in [0.25, 0.3) is 11.8 Å². The highest BCUT2D eigenvalue weighted by Gasteiger charge is 2.51. The smallest absolute Gasteiger partial charge is 0.481 e. The molecular weight excluding hydrogens is 600 g/mol. The number of piperazine rings is 1. The van der Waals surface area contributed by atoms with Crippen LogP contribution >= 0.6 is 0 Å². The van der Waals surface area contributed by atoms with Gasteiger partial charge in [-0.3, -0.25) is 19.2 Å². The molecule has 3 fully saturated rings. The fourth-order valence-electron chi connectivity index (χ4n) is 5.54. The van der Waals surface area contributed by atoms with E-state index in [4.69, 9.17) is 14.3 Å². The summed E-state index contributed by atoms with van der Waals surface area (Å²) in [6.45, 7) is 2.61. The number of aliphatic carboxylic acids is 1. The number of benzene rings is 1. The minimum Gasteiger partial charge on any atom is -0.481 e. The molecule has 1 aromatic carbocycles. The molecule has 1 atom stereocenters. The number of hydroxylamine groups is 2. The second-order valence-corrected chi connectivity index (χ2v) is 11.7. The average Bonchev–Trinajstić information content (AvgIpc) is 3.80. The molecule has 1 aromatic heterocycles. The van der Waals surface area contributed by atoms with Crippen LogP contribution < -0.4 is 10.1 Å². The van der Waals surface area contributed by atoms with Gasteiger partial charge in [0, 0.05) is 38.7 Å². The number of para-hydroxylation sites is 1. The highest BCUT2D eigenvalue weighted by atomic mass is 16.8.